The second kappa shape index (κ2) is 17.1. The van der Waals surface area contributed by atoms with Crippen LogP contribution in [0.4, 0.5) is 34.1 Å². The summed E-state index contributed by atoms with van der Waals surface area (Å²) >= 11 is 0. The second-order valence-electron chi connectivity index (χ2n) is 9.84. The third kappa shape index (κ3) is 8.84. The van der Waals surface area contributed by atoms with Crippen LogP contribution in [0, 0.1) is 27.2 Å². The van der Waals surface area contributed by atoms with Crippen LogP contribution in [0.1, 0.15) is 5.69 Å². The molecule has 18 heteroatoms. The average Bonchev–Trinajstić information content (AvgIpc) is 3.37. The first-order chi connectivity index (χ1) is 23.0. The summed E-state index contributed by atoms with van der Waals surface area (Å²) in [5, 5.41) is 90.0. The van der Waals surface area contributed by atoms with Crippen LogP contribution in [0.2, 0.25) is 0 Å². The van der Waals surface area contributed by atoms with Gasteiger partial charge in [-0.15, -0.1) is 5.11 Å². The van der Waals surface area contributed by atoms with Crippen LogP contribution in [0.5, 0.6) is 23.1 Å². The van der Waals surface area contributed by atoms with Gasteiger partial charge in [-0.3, -0.25) is 20.2 Å². The fraction of sp³-hybridized carbons (Fsp3) is 0.0312. The number of nitrogens with zero attached hydrogens (tertiary/aromatic N) is 8. The van der Waals surface area contributed by atoms with E-state index in [1.807, 2.05) is 18.2 Å². The minimum absolute atomic E-state index is 0. The van der Waals surface area contributed by atoms with E-state index >= 15 is 0 Å². The molecular weight excluding hydrogens is 706 g/mol. The fourth-order valence-electron chi connectivity index (χ4n) is 4.30. The van der Waals surface area contributed by atoms with E-state index in [0.29, 0.717) is 16.8 Å². The molecule has 1 aromatic heterocycles. The van der Waals surface area contributed by atoms with E-state index in [4.69, 9.17) is 0 Å². The Kier molecular flexibility index (Phi) is 13.2. The Hall–Kier alpha value is -5.72. The van der Waals surface area contributed by atoms with Crippen molar-refractivity contribution in [3.05, 3.63) is 129 Å². The molecule has 0 atom stereocenters. The number of aryl methyl sites for hydroxylation is 1. The first kappa shape index (κ1) is 38.7. The second-order valence-corrected chi connectivity index (χ2v) is 9.84. The number of hydrogen-bond acceptors (Lipinski definition) is 13. The van der Waals surface area contributed by atoms with Gasteiger partial charge < -0.3 is 20.4 Å². The van der Waals surface area contributed by atoms with Gasteiger partial charge in [-0.2, -0.15) is 20.4 Å². The molecule has 0 saturated carbocycles. The largest absolute Gasteiger partial charge is 3.00 e. The fourth-order valence-corrected chi connectivity index (χ4v) is 4.30. The van der Waals surface area contributed by atoms with Crippen molar-refractivity contribution in [2.75, 3.05) is 0 Å². The molecule has 0 fully saturated rings. The summed E-state index contributed by atoms with van der Waals surface area (Å²) in [4.78, 5) is 19.9. The number of non-ortho nitro benzene ring substituents is 2. The van der Waals surface area contributed by atoms with Gasteiger partial charge in [-0.05, 0) is 36.6 Å². The van der Waals surface area contributed by atoms with Crippen LogP contribution < -0.4 is 50.0 Å². The predicted octanol–water partition coefficient (Wildman–Crippen LogP) is 2.96. The summed E-state index contributed by atoms with van der Waals surface area (Å²) in [5.41, 5.74) is 0.247. The summed E-state index contributed by atoms with van der Waals surface area (Å²) in [7, 11) is 0. The molecule has 6 aromatic rings. The normalized spacial score (nSPS) is 10.7. The van der Waals surface area contributed by atoms with E-state index in [1.54, 1.807) is 49.4 Å². The van der Waals surface area contributed by atoms with Crippen molar-refractivity contribution in [2.45, 2.75) is 6.92 Å². The Balaban J connectivity index is 0.000000261. The number of fused-ring (bicyclic) bond motifs is 1. The van der Waals surface area contributed by atoms with Crippen molar-refractivity contribution in [3.63, 3.8) is 0 Å². The molecule has 0 aliphatic heterocycles. The summed E-state index contributed by atoms with van der Waals surface area (Å²) in [6, 6.07) is 25.5. The zero-order valence-corrected chi connectivity index (χ0v) is 29.0. The third-order valence-electron chi connectivity index (χ3n) is 6.68. The molecule has 0 amide bonds. The Morgan fingerprint density at radius 3 is 1.68 bits per heavy atom. The first-order valence-electron chi connectivity index (χ1n) is 13.8. The maximum atomic E-state index is 12.4. The van der Waals surface area contributed by atoms with Gasteiger partial charge >= 0.3 is 46.3 Å². The van der Waals surface area contributed by atoms with Crippen molar-refractivity contribution in [3.8, 4) is 28.8 Å². The molecule has 0 N–H and O–H groups in total. The predicted molar refractivity (Wildman–Crippen MR) is 165 cm³/mol. The maximum Gasteiger partial charge on any atom is 3.00 e. The van der Waals surface area contributed by atoms with E-state index in [0.717, 1.165) is 29.7 Å². The quantitative estimate of drug-likeness (QED) is 0.101. The minimum atomic E-state index is -0.674. The van der Waals surface area contributed by atoms with Gasteiger partial charge in [0.15, 0.2) is 0 Å². The Bertz CT molecular complexity index is 2230. The number of benzene rings is 5. The molecule has 5 aromatic carbocycles. The van der Waals surface area contributed by atoms with Crippen LogP contribution in [-0.2, 0) is 16.8 Å². The maximum absolute atomic E-state index is 12.4. The summed E-state index contributed by atoms with van der Waals surface area (Å²) in [6.07, 6.45) is 0. The monoisotopic (exact) mass is 726 g/mol. The molecule has 0 bridgehead atoms. The molecule has 0 aliphatic carbocycles. The van der Waals surface area contributed by atoms with Crippen molar-refractivity contribution >= 4 is 44.9 Å². The van der Waals surface area contributed by atoms with Crippen LogP contribution in [0.3, 0.4) is 0 Å². The SMILES string of the molecule is Cc1nn(-c2ccccc2)c([O-])c1N=Nc1ccc([N+](=O)[O-])cc1[O-].O=[N+]([O-])c1ccc(N=Nc2c([O-])ccc3ccccc23)c([O-])c1.[Co+3].[Na+]. The molecule has 0 unspecified atom stereocenters. The average molecular weight is 726 g/mol. The first-order valence-corrected chi connectivity index (χ1v) is 13.8. The van der Waals surface area contributed by atoms with Crippen LogP contribution in [-0.4, -0.2) is 19.6 Å². The van der Waals surface area contributed by atoms with Crippen LogP contribution in [0.15, 0.2) is 124 Å². The molecule has 0 radical (unpaired) electrons. The Morgan fingerprint density at radius 1 is 0.620 bits per heavy atom. The summed E-state index contributed by atoms with van der Waals surface area (Å²) in [6.45, 7) is 1.60. The summed E-state index contributed by atoms with van der Waals surface area (Å²) < 4.78 is 1.19. The summed E-state index contributed by atoms with van der Waals surface area (Å²) in [5.74, 6) is -2.07. The number of hydrogen-bond donors (Lipinski definition) is 0. The Morgan fingerprint density at radius 2 is 1.14 bits per heavy atom. The van der Waals surface area contributed by atoms with Crippen molar-refractivity contribution in [2.24, 2.45) is 20.5 Å². The molecule has 50 heavy (non-hydrogen) atoms. The molecule has 0 aliphatic rings. The number of aromatic nitrogens is 2. The van der Waals surface area contributed by atoms with Crippen LogP contribution >= 0.6 is 0 Å². The molecule has 6 rings (SSSR count). The van der Waals surface area contributed by atoms with Gasteiger partial charge in [0.05, 0.1) is 38.3 Å². The van der Waals surface area contributed by atoms with Crippen molar-refractivity contribution in [1.82, 2.24) is 9.78 Å². The van der Waals surface area contributed by atoms with E-state index < -0.39 is 27.2 Å². The topological polar surface area (TPSA) is 246 Å². The number of rotatable bonds is 7. The van der Waals surface area contributed by atoms with Gasteiger partial charge in [-0.25, -0.2) is 4.68 Å². The number of para-hydroxylation sites is 1. The zero-order valence-electron chi connectivity index (χ0n) is 26.0. The molecule has 16 nitrogen and oxygen atoms in total. The molecule has 246 valence electrons. The van der Waals surface area contributed by atoms with Crippen molar-refractivity contribution < 1.29 is 76.6 Å². The van der Waals surface area contributed by atoms with Gasteiger partial charge in [0.25, 0.3) is 11.4 Å². The zero-order chi connectivity index (χ0) is 34.4. The van der Waals surface area contributed by atoms with E-state index in [-0.39, 0.29) is 86.2 Å². The van der Waals surface area contributed by atoms with Crippen LogP contribution in [0.25, 0.3) is 16.5 Å². The molecular formula is C32H20CoN8NaO8. The Labute approximate surface area is 314 Å². The molecule has 0 spiro atoms. The van der Waals surface area contributed by atoms with E-state index in [1.165, 1.54) is 22.9 Å². The van der Waals surface area contributed by atoms with Crippen molar-refractivity contribution in [1.29, 1.82) is 0 Å². The standard InChI is InChI=1S/C16H13N5O4.C16H11N3O4.Co.Na/c1-10-15(16(23)20(19-10)11-5-3-2-4-6-11)18-17-13-8-7-12(21(24)25)9-14(13)22;20-14-8-5-10-3-1-2-4-12(10)16(14)18-17-13-7-6-11(19(22)23)9-15(13)21;;/h2-9,22-23H,1H3;1-9,20-21H;;/q;;+3;+1/p-4. The van der Waals surface area contributed by atoms with Gasteiger partial charge in [-0.1, -0.05) is 71.8 Å². The minimum Gasteiger partial charge on any atom is -0.871 e. The smallest absolute Gasteiger partial charge is 0.871 e. The number of azo groups is 2. The van der Waals surface area contributed by atoms with Gasteiger partial charge in [0.2, 0.25) is 0 Å². The van der Waals surface area contributed by atoms with Gasteiger partial charge in [0.1, 0.15) is 5.69 Å². The number of nitro benzene ring substituents is 2. The van der Waals surface area contributed by atoms with Gasteiger partial charge in [0, 0.05) is 35.5 Å². The molecule has 1 heterocycles. The number of nitro groups is 2. The van der Waals surface area contributed by atoms with E-state index in [9.17, 15) is 40.7 Å². The van der Waals surface area contributed by atoms with E-state index in [2.05, 4.69) is 25.6 Å². The third-order valence-corrected chi connectivity index (χ3v) is 6.68. The molecule has 0 saturated heterocycles.